The standard InChI is InChI=1S/C16H19N3O6S/c1-2-15-17-18-16(25-15)14-10-19(5-6-22-14)26(20,21)11-3-4-12-13(9-11)24-8-7-23-12/h3-4,9,14H,2,5-8,10H2,1H3. The molecule has 0 amide bonds. The second-order valence-electron chi connectivity index (χ2n) is 5.92. The zero-order valence-electron chi connectivity index (χ0n) is 14.3. The van der Waals surface area contributed by atoms with Crippen LogP contribution in [0.3, 0.4) is 0 Å². The lowest BCUT2D eigenvalue weighted by atomic mass is 10.3. The predicted octanol–water partition coefficient (Wildman–Crippen LogP) is 1.17. The van der Waals surface area contributed by atoms with Crippen LogP contribution in [-0.2, 0) is 21.2 Å². The van der Waals surface area contributed by atoms with Gasteiger partial charge in [0.15, 0.2) is 11.5 Å². The Morgan fingerprint density at radius 3 is 2.73 bits per heavy atom. The molecule has 0 spiro atoms. The lowest BCUT2D eigenvalue weighted by molar-refractivity contribution is -0.0178. The quantitative estimate of drug-likeness (QED) is 0.777. The highest BCUT2D eigenvalue weighted by molar-refractivity contribution is 7.89. The van der Waals surface area contributed by atoms with Crippen LogP contribution in [0.4, 0.5) is 0 Å². The van der Waals surface area contributed by atoms with Gasteiger partial charge in [-0.1, -0.05) is 6.92 Å². The fourth-order valence-corrected chi connectivity index (χ4v) is 4.31. The molecule has 1 atom stereocenters. The lowest BCUT2D eigenvalue weighted by Crippen LogP contribution is -2.42. The van der Waals surface area contributed by atoms with Crippen molar-refractivity contribution >= 4 is 10.0 Å². The Kier molecular flexibility index (Phi) is 4.55. The topological polar surface area (TPSA) is 104 Å². The van der Waals surface area contributed by atoms with E-state index in [-0.39, 0.29) is 24.6 Å². The van der Waals surface area contributed by atoms with Crippen LogP contribution in [0.2, 0.25) is 0 Å². The molecule has 0 N–H and O–H groups in total. The van der Waals surface area contributed by atoms with Gasteiger partial charge in [0.25, 0.3) is 0 Å². The van der Waals surface area contributed by atoms with Gasteiger partial charge in [-0.15, -0.1) is 10.2 Å². The monoisotopic (exact) mass is 381 g/mol. The molecule has 1 saturated heterocycles. The van der Waals surface area contributed by atoms with Crippen molar-refractivity contribution in [2.45, 2.75) is 24.3 Å². The van der Waals surface area contributed by atoms with Crippen molar-refractivity contribution in [1.82, 2.24) is 14.5 Å². The minimum Gasteiger partial charge on any atom is -0.486 e. The van der Waals surface area contributed by atoms with E-state index in [1.807, 2.05) is 6.92 Å². The van der Waals surface area contributed by atoms with Gasteiger partial charge in [-0.25, -0.2) is 8.42 Å². The number of aromatic nitrogens is 2. The summed E-state index contributed by atoms with van der Waals surface area (Å²) in [6.07, 6.45) is 0.0300. The second kappa shape index (κ2) is 6.86. The number of morpholine rings is 1. The van der Waals surface area contributed by atoms with Crippen LogP contribution in [0, 0.1) is 0 Å². The first-order valence-electron chi connectivity index (χ1n) is 8.41. The van der Waals surface area contributed by atoms with E-state index in [4.69, 9.17) is 18.6 Å². The number of hydrogen-bond acceptors (Lipinski definition) is 8. The molecule has 3 heterocycles. The number of rotatable bonds is 4. The number of ether oxygens (including phenoxy) is 3. The van der Waals surface area contributed by atoms with Crippen LogP contribution in [0.5, 0.6) is 11.5 Å². The Morgan fingerprint density at radius 1 is 1.15 bits per heavy atom. The highest BCUT2D eigenvalue weighted by Crippen LogP contribution is 2.34. The molecule has 10 heteroatoms. The third kappa shape index (κ3) is 3.15. The number of hydrogen-bond donors (Lipinski definition) is 0. The Bertz CT molecular complexity index is 897. The van der Waals surface area contributed by atoms with E-state index in [1.54, 1.807) is 6.07 Å². The van der Waals surface area contributed by atoms with Gasteiger partial charge in [0, 0.05) is 25.6 Å². The van der Waals surface area contributed by atoms with E-state index in [0.717, 1.165) is 0 Å². The van der Waals surface area contributed by atoms with Crippen LogP contribution in [0.1, 0.15) is 24.8 Å². The SMILES string of the molecule is CCc1nnc(C2CN(S(=O)(=O)c3ccc4c(c3)OCCO4)CCO2)o1. The number of nitrogens with zero attached hydrogens (tertiary/aromatic N) is 3. The van der Waals surface area contributed by atoms with Crippen molar-refractivity contribution in [1.29, 1.82) is 0 Å². The van der Waals surface area contributed by atoms with Gasteiger partial charge >= 0.3 is 0 Å². The number of benzene rings is 1. The third-order valence-corrected chi connectivity index (χ3v) is 6.10. The Labute approximate surface area is 150 Å². The molecule has 26 heavy (non-hydrogen) atoms. The van der Waals surface area contributed by atoms with Crippen molar-refractivity contribution < 1.29 is 27.0 Å². The van der Waals surface area contributed by atoms with E-state index in [9.17, 15) is 8.42 Å². The summed E-state index contributed by atoms with van der Waals surface area (Å²) in [6, 6.07) is 4.64. The average molecular weight is 381 g/mol. The molecule has 1 aromatic carbocycles. The summed E-state index contributed by atoms with van der Waals surface area (Å²) in [5.41, 5.74) is 0. The third-order valence-electron chi connectivity index (χ3n) is 4.24. The summed E-state index contributed by atoms with van der Waals surface area (Å²) >= 11 is 0. The minimum absolute atomic E-state index is 0.113. The van der Waals surface area contributed by atoms with Gasteiger partial charge in [-0.2, -0.15) is 4.31 Å². The van der Waals surface area contributed by atoms with Gasteiger partial charge in [0.1, 0.15) is 19.3 Å². The van der Waals surface area contributed by atoms with E-state index < -0.39 is 16.1 Å². The second-order valence-corrected chi connectivity index (χ2v) is 7.85. The maximum absolute atomic E-state index is 13.0. The van der Waals surface area contributed by atoms with Gasteiger partial charge in [-0.3, -0.25) is 0 Å². The molecule has 2 aliphatic heterocycles. The van der Waals surface area contributed by atoms with Crippen LogP contribution in [-0.4, -0.2) is 55.8 Å². The zero-order chi connectivity index (χ0) is 18.1. The van der Waals surface area contributed by atoms with Crippen LogP contribution >= 0.6 is 0 Å². The highest BCUT2D eigenvalue weighted by Gasteiger charge is 2.34. The summed E-state index contributed by atoms with van der Waals surface area (Å²) in [4.78, 5) is 0.155. The van der Waals surface area contributed by atoms with E-state index in [2.05, 4.69) is 10.2 Å². The molecule has 1 unspecified atom stereocenters. The molecule has 140 valence electrons. The molecule has 2 aliphatic rings. The van der Waals surface area contributed by atoms with E-state index in [0.29, 0.717) is 42.9 Å². The van der Waals surface area contributed by atoms with E-state index in [1.165, 1.54) is 16.4 Å². The van der Waals surface area contributed by atoms with Gasteiger partial charge in [0.2, 0.25) is 21.8 Å². The van der Waals surface area contributed by atoms with E-state index >= 15 is 0 Å². The summed E-state index contributed by atoms with van der Waals surface area (Å²) in [7, 11) is -3.71. The largest absolute Gasteiger partial charge is 0.486 e. The van der Waals surface area contributed by atoms with Gasteiger partial charge < -0.3 is 18.6 Å². The molecule has 0 bridgehead atoms. The average Bonchev–Trinajstić information content (AvgIpc) is 3.17. The molecule has 1 aromatic heterocycles. The number of aryl methyl sites for hydroxylation is 1. The first kappa shape index (κ1) is 17.3. The first-order valence-corrected chi connectivity index (χ1v) is 9.85. The Balaban J connectivity index is 1.57. The van der Waals surface area contributed by atoms with Gasteiger partial charge in [-0.05, 0) is 12.1 Å². The fraction of sp³-hybridized carbons (Fsp3) is 0.500. The van der Waals surface area contributed by atoms with Crippen molar-refractivity contribution in [2.75, 3.05) is 32.9 Å². The lowest BCUT2D eigenvalue weighted by Gasteiger charge is -2.30. The molecule has 2 aromatic rings. The minimum atomic E-state index is -3.71. The highest BCUT2D eigenvalue weighted by atomic mass is 32.2. The van der Waals surface area contributed by atoms with Crippen LogP contribution in [0.25, 0.3) is 0 Å². The van der Waals surface area contributed by atoms with Crippen LogP contribution < -0.4 is 9.47 Å². The van der Waals surface area contributed by atoms with Crippen molar-refractivity contribution in [3.05, 3.63) is 30.0 Å². The number of fused-ring (bicyclic) bond motifs is 1. The molecule has 4 rings (SSSR count). The molecule has 1 fully saturated rings. The van der Waals surface area contributed by atoms with Crippen LogP contribution in [0.15, 0.2) is 27.5 Å². The smallest absolute Gasteiger partial charge is 0.246 e. The molecule has 9 nitrogen and oxygen atoms in total. The maximum Gasteiger partial charge on any atom is 0.246 e. The summed E-state index contributed by atoms with van der Waals surface area (Å²) < 4.78 is 49.5. The Morgan fingerprint density at radius 2 is 1.96 bits per heavy atom. The molecule has 0 saturated carbocycles. The fourth-order valence-electron chi connectivity index (χ4n) is 2.87. The summed E-state index contributed by atoms with van der Waals surface area (Å²) in [5, 5.41) is 7.87. The number of sulfonamides is 1. The summed E-state index contributed by atoms with van der Waals surface area (Å²) in [6.45, 7) is 3.36. The summed E-state index contributed by atoms with van der Waals surface area (Å²) in [5.74, 6) is 1.78. The van der Waals surface area contributed by atoms with Gasteiger partial charge in [0.05, 0.1) is 11.5 Å². The first-order chi connectivity index (χ1) is 12.6. The molecular weight excluding hydrogens is 362 g/mol. The normalized spacial score (nSPS) is 20.9. The molecule has 0 aliphatic carbocycles. The Hall–Kier alpha value is -2.17. The maximum atomic E-state index is 13.0. The van der Waals surface area contributed by atoms with Crippen molar-refractivity contribution in [3.63, 3.8) is 0 Å². The predicted molar refractivity (Wildman–Crippen MR) is 88.6 cm³/mol. The molecule has 0 radical (unpaired) electrons. The molecular formula is C16H19N3O6S. The van der Waals surface area contributed by atoms with Crippen molar-refractivity contribution in [3.8, 4) is 11.5 Å². The zero-order valence-corrected chi connectivity index (χ0v) is 15.1. The van der Waals surface area contributed by atoms with Crippen molar-refractivity contribution in [2.24, 2.45) is 0 Å².